The number of carbonyl (C=O) groups is 2. The Bertz CT molecular complexity index is 1250. The summed E-state index contributed by atoms with van der Waals surface area (Å²) in [6.45, 7) is 0. The van der Waals surface area contributed by atoms with Crippen LogP contribution in [-0.4, -0.2) is 18.3 Å². The lowest BCUT2D eigenvalue weighted by Crippen LogP contribution is -2.28. The molecule has 1 saturated heterocycles. The standard InChI is InChI=1S/C22H13ClF3NO4S/c1-30-18-5-3-2-4-16(18)27-20(28)19(32-21(27)29)11-13-7-9-17(31-13)12-6-8-15(23)14(10-12)22(24,25)26/h2-11H,1H3. The summed E-state index contributed by atoms with van der Waals surface area (Å²) in [5.74, 6) is 0.157. The van der Waals surface area contributed by atoms with Crippen molar-refractivity contribution in [3.05, 3.63) is 75.8 Å². The van der Waals surface area contributed by atoms with Gasteiger partial charge in [0.25, 0.3) is 11.1 Å². The van der Waals surface area contributed by atoms with Gasteiger partial charge in [0.1, 0.15) is 17.3 Å². The smallest absolute Gasteiger partial charge is 0.417 e. The minimum absolute atomic E-state index is 0.105. The van der Waals surface area contributed by atoms with Gasteiger partial charge in [-0.1, -0.05) is 23.7 Å². The summed E-state index contributed by atoms with van der Waals surface area (Å²) in [7, 11) is 1.43. The van der Waals surface area contributed by atoms with Crippen molar-refractivity contribution in [3.63, 3.8) is 0 Å². The summed E-state index contributed by atoms with van der Waals surface area (Å²) >= 11 is 6.38. The lowest BCUT2D eigenvalue weighted by Gasteiger charge is -2.15. The second-order valence-corrected chi connectivity index (χ2v) is 7.98. The Morgan fingerprint density at radius 2 is 1.84 bits per heavy atom. The molecular weight excluding hydrogens is 467 g/mol. The number of furan rings is 1. The van der Waals surface area contributed by atoms with Crippen LogP contribution in [0.1, 0.15) is 11.3 Å². The molecule has 1 aliphatic heterocycles. The highest BCUT2D eigenvalue weighted by molar-refractivity contribution is 8.19. The molecule has 3 aromatic rings. The molecule has 2 amide bonds. The van der Waals surface area contributed by atoms with Gasteiger partial charge in [-0.2, -0.15) is 13.2 Å². The van der Waals surface area contributed by atoms with Crippen LogP contribution in [0.25, 0.3) is 17.4 Å². The number of amides is 2. The number of hydrogen-bond acceptors (Lipinski definition) is 5. The maximum atomic E-state index is 13.1. The van der Waals surface area contributed by atoms with Gasteiger partial charge in [-0.25, -0.2) is 4.90 Å². The topological polar surface area (TPSA) is 59.8 Å². The zero-order chi connectivity index (χ0) is 23.0. The SMILES string of the molecule is COc1ccccc1N1C(=O)SC(=Cc2ccc(-c3ccc(Cl)c(C(F)(F)F)c3)o2)C1=O. The number of hydrogen-bond donors (Lipinski definition) is 0. The van der Waals surface area contributed by atoms with Gasteiger partial charge in [0, 0.05) is 11.6 Å². The third-order valence-corrected chi connectivity index (χ3v) is 5.78. The Kier molecular flexibility index (Phi) is 5.79. The van der Waals surface area contributed by atoms with E-state index < -0.39 is 27.9 Å². The van der Waals surface area contributed by atoms with Crippen molar-refractivity contribution in [2.45, 2.75) is 6.18 Å². The molecule has 5 nitrogen and oxygen atoms in total. The molecule has 2 aromatic carbocycles. The molecule has 1 aromatic heterocycles. The quantitative estimate of drug-likeness (QED) is 0.382. The summed E-state index contributed by atoms with van der Waals surface area (Å²) < 4.78 is 50.2. The molecule has 0 unspecified atom stereocenters. The second-order valence-electron chi connectivity index (χ2n) is 6.58. The summed E-state index contributed by atoms with van der Waals surface area (Å²) in [4.78, 5) is 26.4. The van der Waals surface area contributed by atoms with Gasteiger partial charge in [-0.3, -0.25) is 9.59 Å². The molecule has 4 rings (SSSR count). The summed E-state index contributed by atoms with van der Waals surface area (Å²) in [6, 6.07) is 13.0. The minimum Gasteiger partial charge on any atom is -0.495 e. The normalized spacial score (nSPS) is 15.7. The van der Waals surface area contributed by atoms with Crippen LogP contribution in [0.3, 0.4) is 0 Å². The number of halogens is 4. The molecule has 0 aliphatic carbocycles. The molecule has 1 aliphatic rings. The molecule has 0 spiro atoms. The van der Waals surface area contributed by atoms with Crippen LogP contribution in [0, 0.1) is 0 Å². The number of benzene rings is 2. The van der Waals surface area contributed by atoms with Gasteiger partial charge < -0.3 is 9.15 Å². The molecule has 0 N–H and O–H groups in total. The molecule has 0 radical (unpaired) electrons. The molecule has 1 fully saturated rings. The Labute approximate surface area is 189 Å². The van der Waals surface area contributed by atoms with E-state index in [0.29, 0.717) is 11.4 Å². The number of thioether (sulfide) groups is 1. The zero-order valence-corrected chi connectivity index (χ0v) is 17.8. The van der Waals surface area contributed by atoms with Gasteiger partial charge in [-0.15, -0.1) is 0 Å². The molecule has 164 valence electrons. The van der Waals surface area contributed by atoms with E-state index in [-0.39, 0.29) is 22.0 Å². The average Bonchev–Trinajstić information content (AvgIpc) is 3.32. The highest BCUT2D eigenvalue weighted by atomic mass is 35.5. The van der Waals surface area contributed by atoms with E-state index >= 15 is 0 Å². The number of alkyl halides is 3. The third kappa shape index (κ3) is 4.13. The number of methoxy groups -OCH3 is 1. The van der Waals surface area contributed by atoms with E-state index in [1.807, 2.05) is 0 Å². The Hall–Kier alpha value is -3.17. The van der Waals surface area contributed by atoms with Gasteiger partial charge in [0.05, 0.1) is 28.3 Å². The fourth-order valence-corrected chi connectivity index (χ4v) is 4.14. The lowest BCUT2D eigenvalue weighted by molar-refractivity contribution is -0.137. The van der Waals surface area contributed by atoms with Crippen LogP contribution in [0.5, 0.6) is 5.75 Å². The number of para-hydroxylation sites is 2. The van der Waals surface area contributed by atoms with Crippen LogP contribution in [-0.2, 0) is 11.0 Å². The molecule has 10 heteroatoms. The number of nitrogens with zero attached hydrogens (tertiary/aromatic N) is 1. The maximum Gasteiger partial charge on any atom is 0.417 e. The van der Waals surface area contributed by atoms with Crippen molar-refractivity contribution in [2.24, 2.45) is 0 Å². The van der Waals surface area contributed by atoms with Crippen molar-refractivity contribution < 1.29 is 31.9 Å². The predicted octanol–water partition coefficient (Wildman–Crippen LogP) is 6.87. The first kappa shape index (κ1) is 22.0. The van der Waals surface area contributed by atoms with Crippen molar-refractivity contribution in [3.8, 4) is 17.1 Å². The summed E-state index contributed by atoms with van der Waals surface area (Å²) in [5, 5.41) is -0.928. The first-order chi connectivity index (χ1) is 15.2. The fourth-order valence-electron chi connectivity index (χ4n) is 3.10. The van der Waals surface area contributed by atoms with Crippen LogP contribution < -0.4 is 9.64 Å². The number of ether oxygens (including phenoxy) is 1. The van der Waals surface area contributed by atoms with Crippen LogP contribution in [0.15, 0.2) is 63.9 Å². The summed E-state index contributed by atoms with van der Waals surface area (Å²) in [6.07, 6.45) is -3.25. The van der Waals surface area contributed by atoms with E-state index in [2.05, 4.69) is 0 Å². The Morgan fingerprint density at radius 1 is 1.09 bits per heavy atom. The monoisotopic (exact) mass is 479 g/mol. The first-order valence-corrected chi connectivity index (χ1v) is 10.3. The molecular formula is C22H13ClF3NO4S. The first-order valence-electron chi connectivity index (χ1n) is 9.07. The average molecular weight is 480 g/mol. The third-order valence-electron chi connectivity index (χ3n) is 4.58. The highest BCUT2D eigenvalue weighted by Gasteiger charge is 2.38. The van der Waals surface area contributed by atoms with Gasteiger partial charge in [0.15, 0.2) is 0 Å². The van der Waals surface area contributed by atoms with E-state index in [0.717, 1.165) is 28.8 Å². The largest absolute Gasteiger partial charge is 0.495 e. The number of rotatable bonds is 4. The molecule has 2 heterocycles. The Morgan fingerprint density at radius 3 is 2.56 bits per heavy atom. The lowest BCUT2D eigenvalue weighted by atomic mass is 10.1. The molecule has 0 atom stereocenters. The van der Waals surface area contributed by atoms with Crippen LogP contribution in [0.2, 0.25) is 5.02 Å². The Balaban J connectivity index is 1.63. The van der Waals surface area contributed by atoms with Crippen molar-refractivity contribution in [2.75, 3.05) is 12.0 Å². The van der Waals surface area contributed by atoms with Crippen molar-refractivity contribution in [1.82, 2.24) is 0 Å². The van der Waals surface area contributed by atoms with Crippen LogP contribution in [0.4, 0.5) is 23.7 Å². The van der Waals surface area contributed by atoms with Crippen LogP contribution >= 0.6 is 23.4 Å². The number of anilines is 1. The number of carbonyl (C=O) groups excluding carboxylic acids is 2. The highest BCUT2D eigenvalue weighted by Crippen LogP contribution is 2.40. The molecule has 0 bridgehead atoms. The predicted molar refractivity (Wildman–Crippen MR) is 116 cm³/mol. The maximum absolute atomic E-state index is 13.1. The fraction of sp³-hybridized carbons (Fsp3) is 0.0909. The van der Waals surface area contributed by atoms with E-state index in [4.69, 9.17) is 20.8 Å². The summed E-state index contributed by atoms with van der Waals surface area (Å²) in [5.41, 5.74) is -0.502. The number of imide groups is 1. The van der Waals surface area contributed by atoms with Gasteiger partial charge in [-0.05, 0) is 54.2 Å². The molecule has 32 heavy (non-hydrogen) atoms. The van der Waals surface area contributed by atoms with Gasteiger partial charge in [0.2, 0.25) is 0 Å². The zero-order valence-electron chi connectivity index (χ0n) is 16.3. The van der Waals surface area contributed by atoms with E-state index in [1.165, 1.54) is 31.4 Å². The van der Waals surface area contributed by atoms with E-state index in [9.17, 15) is 22.8 Å². The minimum atomic E-state index is -4.61. The van der Waals surface area contributed by atoms with Crippen molar-refractivity contribution in [1.29, 1.82) is 0 Å². The van der Waals surface area contributed by atoms with Crippen molar-refractivity contribution >= 4 is 46.3 Å². The molecule has 0 saturated carbocycles. The van der Waals surface area contributed by atoms with E-state index in [1.54, 1.807) is 24.3 Å². The second kappa shape index (κ2) is 8.40. The van der Waals surface area contributed by atoms with Gasteiger partial charge >= 0.3 is 6.18 Å².